The van der Waals surface area contributed by atoms with E-state index in [2.05, 4.69) is 9.72 Å². The number of hydrogen-bond donors (Lipinski definition) is 1. The second kappa shape index (κ2) is 6.84. The van der Waals surface area contributed by atoms with Gasteiger partial charge in [-0.2, -0.15) is 26.3 Å². The molecule has 0 spiro atoms. The fourth-order valence-electron chi connectivity index (χ4n) is 1.11. The summed E-state index contributed by atoms with van der Waals surface area (Å²) >= 11 is 5.39. The predicted octanol–water partition coefficient (Wildman–Crippen LogP) is 4.00. The van der Waals surface area contributed by atoms with Gasteiger partial charge in [-0.25, -0.2) is 14.5 Å². The van der Waals surface area contributed by atoms with Gasteiger partial charge in [-0.1, -0.05) is 11.6 Å². The number of aromatic nitrogens is 1. The molecule has 15 heteroatoms. The minimum absolute atomic E-state index is 0.00326. The van der Waals surface area contributed by atoms with Crippen molar-refractivity contribution in [2.24, 2.45) is 0 Å². The van der Waals surface area contributed by atoms with Crippen LogP contribution in [0.3, 0.4) is 0 Å². The monoisotopic (exact) mass is 406 g/mol. The van der Waals surface area contributed by atoms with Crippen molar-refractivity contribution in [3.05, 3.63) is 23.4 Å². The molecule has 0 unspecified atom stereocenters. The molecule has 0 aliphatic rings. The van der Waals surface area contributed by atoms with Crippen LogP contribution in [-0.2, 0) is 14.3 Å². The molecule has 0 saturated carbocycles. The molecule has 25 heavy (non-hydrogen) atoms. The Balaban J connectivity index is 2.89. The fraction of sp³-hybridized carbons (Fsp3) is 0.400. The quantitative estimate of drug-likeness (QED) is 0.725. The number of amides is 1. The first-order valence-corrected chi connectivity index (χ1v) is 5.97. The molecule has 0 saturated heterocycles. The molecule has 1 amide bonds. The Morgan fingerprint density at radius 3 is 1.92 bits per heavy atom. The van der Waals surface area contributed by atoms with Crippen LogP contribution in [0.5, 0.6) is 0 Å². The Labute approximate surface area is 136 Å². The van der Waals surface area contributed by atoms with Crippen molar-refractivity contribution >= 4 is 23.3 Å². The number of carbonyl (C=O) groups excluding carboxylic acids is 1. The molecule has 1 aromatic heterocycles. The third-order valence-corrected chi connectivity index (χ3v) is 2.30. The number of nitrogens with zero attached hydrogens (tertiary/aromatic N) is 1. The van der Waals surface area contributed by atoms with Gasteiger partial charge in [0.2, 0.25) is 0 Å². The summed E-state index contributed by atoms with van der Waals surface area (Å²) in [7, 11) is 0. The lowest BCUT2D eigenvalue weighted by atomic mass is 10.4. The zero-order chi connectivity index (χ0) is 19.7. The lowest BCUT2D eigenvalue weighted by Gasteiger charge is -2.28. The van der Waals surface area contributed by atoms with Gasteiger partial charge in [0.1, 0.15) is 5.82 Å². The van der Waals surface area contributed by atoms with Gasteiger partial charge >= 0.3 is 30.6 Å². The summed E-state index contributed by atoms with van der Waals surface area (Å²) in [6, 6.07) is 1.86. The van der Waals surface area contributed by atoms with E-state index in [4.69, 9.17) is 11.6 Å². The first-order chi connectivity index (χ1) is 11.1. The number of alkyl halides is 9. The van der Waals surface area contributed by atoms with E-state index in [-0.39, 0.29) is 5.02 Å². The number of pyridine rings is 1. The molecule has 0 aliphatic heterocycles. The zero-order valence-electron chi connectivity index (χ0n) is 11.2. The van der Waals surface area contributed by atoms with Crippen LogP contribution in [0.1, 0.15) is 0 Å². The summed E-state index contributed by atoms with van der Waals surface area (Å²) < 4.78 is 116. The summed E-state index contributed by atoms with van der Waals surface area (Å²) in [4.78, 5) is 14.4. The van der Waals surface area contributed by atoms with Crippen LogP contribution in [0.15, 0.2) is 18.3 Å². The van der Waals surface area contributed by atoms with Gasteiger partial charge in [0.05, 0.1) is 5.02 Å². The number of hydrogen-bond acceptors (Lipinski definition) is 4. The minimum atomic E-state index is -6.55. The average Bonchev–Trinajstić information content (AvgIpc) is 2.37. The summed E-state index contributed by atoms with van der Waals surface area (Å²) in [6.07, 6.45) is -24.2. The van der Waals surface area contributed by atoms with E-state index < -0.39 is 36.4 Å². The van der Waals surface area contributed by atoms with E-state index >= 15 is 0 Å². The number of halogens is 10. The molecule has 5 nitrogen and oxygen atoms in total. The van der Waals surface area contributed by atoms with E-state index in [1.54, 1.807) is 4.74 Å². The molecule has 1 N–H and O–H groups in total. The van der Waals surface area contributed by atoms with Crippen molar-refractivity contribution < 1.29 is 53.8 Å². The Kier molecular flexibility index (Phi) is 5.81. The topological polar surface area (TPSA) is 60.5 Å². The van der Waals surface area contributed by atoms with Gasteiger partial charge in [-0.05, 0) is 12.1 Å². The molecule has 142 valence electrons. The van der Waals surface area contributed by atoms with E-state index in [1.165, 1.54) is 5.32 Å². The van der Waals surface area contributed by atoms with Gasteiger partial charge in [-0.3, -0.25) is 4.79 Å². The number of rotatable bonds is 6. The van der Waals surface area contributed by atoms with Crippen LogP contribution < -0.4 is 5.32 Å². The normalized spacial score (nSPS) is 13.7. The Morgan fingerprint density at radius 2 is 1.48 bits per heavy atom. The average molecular weight is 407 g/mol. The number of ether oxygens (including phenoxy) is 2. The lowest BCUT2D eigenvalue weighted by Crippen LogP contribution is -2.53. The van der Waals surface area contributed by atoms with Crippen molar-refractivity contribution in [2.45, 2.75) is 24.7 Å². The number of nitrogens with one attached hydrogen (secondary N) is 1. The molecule has 0 aliphatic carbocycles. The van der Waals surface area contributed by atoms with Crippen molar-refractivity contribution in [3.63, 3.8) is 0 Å². The second-order valence-corrected chi connectivity index (χ2v) is 4.45. The third-order valence-electron chi connectivity index (χ3n) is 2.07. The highest BCUT2D eigenvalue weighted by Gasteiger charge is 2.69. The summed E-state index contributed by atoms with van der Waals surface area (Å²) in [5, 5.41) is 1.20. The van der Waals surface area contributed by atoms with Crippen LogP contribution in [-0.4, -0.2) is 35.6 Å². The smallest absolute Gasteiger partial charge is 0.303 e. The van der Waals surface area contributed by atoms with E-state index in [0.717, 1.165) is 18.3 Å². The molecular weight excluding hydrogens is 403 g/mol. The molecule has 0 atom stereocenters. The van der Waals surface area contributed by atoms with Crippen LogP contribution in [0, 0.1) is 0 Å². The Bertz CT molecular complexity index is 621. The van der Waals surface area contributed by atoms with Crippen LogP contribution in [0.4, 0.5) is 45.3 Å². The maximum atomic E-state index is 13.2. The highest BCUT2D eigenvalue weighted by molar-refractivity contribution is 6.30. The molecule has 1 rings (SSSR count). The fourth-order valence-corrected chi connectivity index (χ4v) is 1.22. The number of carbonyl (C=O) groups is 1. The second-order valence-electron chi connectivity index (χ2n) is 4.02. The molecule has 0 aromatic carbocycles. The third kappa shape index (κ3) is 5.89. The highest BCUT2D eigenvalue weighted by Crippen LogP contribution is 2.43. The number of anilines is 1. The van der Waals surface area contributed by atoms with Crippen LogP contribution >= 0.6 is 11.6 Å². The summed E-state index contributed by atoms with van der Waals surface area (Å²) in [6.45, 7) is 0. The van der Waals surface area contributed by atoms with E-state index in [0.29, 0.717) is 0 Å². The Morgan fingerprint density at radius 1 is 0.960 bits per heavy atom. The standard InChI is InChI=1S/C10H4ClF9N2O3/c11-4-1-2-5(21-3-4)22-6(23)7(12,13)24-8(14,15)9(16,17)25-10(18,19)20/h1-3H,(H,21,22,23). The van der Waals surface area contributed by atoms with Crippen molar-refractivity contribution in [1.82, 2.24) is 4.98 Å². The first kappa shape index (κ1) is 21.2. The summed E-state index contributed by atoms with van der Waals surface area (Å²) in [5.41, 5.74) is 0. The van der Waals surface area contributed by atoms with Crippen molar-refractivity contribution in [2.75, 3.05) is 5.32 Å². The van der Waals surface area contributed by atoms with Crippen LogP contribution in [0.25, 0.3) is 0 Å². The Hall–Kier alpha value is -1.80. The van der Waals surface area contributed by atoms with Crippen molar-refractivity contribution in [3.8, 4) is 0 Å². The largest absolute Gasteiger partial charge is 0.527 e. The maximum absolute atomic E-state index is 13.2. The van der Waals surface area contributed by atoms with Gasteiger partial charge < -0.3 is 5.32 Å². The van der Waals surface area contributed by atoms with Crippen LogP contribution in [0.2, 0.25) is 5.02 Å². The molecule has 1 aromatic rings. The van der Waals surface area contributed by atoms with Gasteiger partial charge in [-0.15, -0.1) is 13.2 Å². The van der Waals surface area contributed by atoms with E-state index in [9.17, 15) is 44.3 Å². The maximum Gasteiger partial charge on any atom is 0.527 e. The first-order valence-electron chi connectivity index (χ1n) is 5.59. The molecule has 0 fully saturated rings. The molecular formula is C10H4ClF9N2O3. The zero-order valence-corrected chi connectivity index (χ0v) is 11.9. The minimum Gasteiger partial charge on any atom is -0.303 e. The molecule has 1 heterocycles. The van der Waals surface area contributed by atoms with Crippen molar-refractivity contribution in [1.29, 1.82) is 0 Å². The highest BCUT2D eigenvalue weighted by atomic mass is 35.5. The summed E-state index contributed by atoms with van der Waals surface area (Å²) in [5.74, 6) is -3.39. The molecule has 0 bridgehead atoms. The van der Waals surface area contributed by atoms with Gasteiger partial charge in [0.25, 0.3) is 0 Å². The SMILES string of the molecule is O=C(Nc1ccc(Cl)cn1)C(F)(F)OC(F)(F)C(F)(F)OC(F)(F)F. The van der Waals surface area contributed by atoms with E-state index in [1.807, 2.05) is 0 Å². The van der Waals surface area contributed by atoms with Gasteiger partial charge in [0.15, 0.2) is 0 Å². The van der Waals surface area contributed by atoms with Gasteiger partial charge in [0, 0.05) is 6.20 Å². The predicted molar refractivity (Wildman–Crippen MR) is 60.9 cm³/mol. The molecule has 0 radical (unpaired) electrons. The lowest BCUT2D eigenvalue weighted by molar-refractivity contribution is -0.523.